The summed E-state index contributed by atoms with van der Waals surface area (Å²) in [5, 5.41) is 11.7. The zero-order chi connectivity index (χ0) is 22.6. The molecule has 2 N–H and O–H groups in total. The maximum Gasteiger partial charge on any atom is 0.180 e. The number of fused-ring (bicyclic) bond motifs is 5. The summed E-state index contributed by atoms with van der Waals surface area (Å²) in [6.45, 7) is 3.81. The lowest BCUT2D eigenvalue weighted by Gasteiger charge is -2.44. The molecule has 0 aliphatic carbocycles. The molecule has 9 nitrogen and oxygen atoms in total. The third kappa shape index (κ3) is 3.16. The fourth-order valence-corrected chi connectivity index (χ4v) is 4.99. The van der Waals surface area contributed by atoms with E-state index in [0.717, 1.165) is 64.6 Å². The molecule has 0 unspecified atom stereocenters. The molecule has 3 aromatic heterocycles. The smallest absolute Gasteiger partial charge is 0.180 e. The van der Waals surface area contributed by atoms with Gasteiger partial charge in [0.15, 0.2) is 11.5 Å². The van der Waals surface area contributed by atoms with Crippen LogP contribution in [-0.4, -0.2) is 68.8 Å². The quantitative estimate of drug-likeness (QED) is 0.433. The number of likely N-dealkylation sites (N-methyl/N-ethyl adjacent to an activating group) is 1. The van der Waals surface area contributed by atoms with Crippen molar-refractivity contribution in [3.8, 4) is 17.0 Å². The number of piperazine rings is 1. The lowest BCUT2D eigenvalue weighted by atomic mass is 10.1. The Balaban J connectivity index is 1.24. The van der Waals surface area contributed by atoms with Gasteiger partial charge in [-0.1, -0.05) is 12.1 Å². The van der Waals surface area contributed by atoms with Crippen LogP contribution < -0.4 is 15.0 Å². The predicted octanol–water partition coefficient (Wildman–Crippen LogP) is 3.53. The molecule has 0 amide bonds. The Morgan fingerprint density at radius 1 is 1.15 bits per heavy atom. The Bertz CT molecular complexity index is 1520. The van der Waals surface area contributed by atoms with Crippen molar-refractivity contribution < 1.29 is 4.74 Å². The molecule has 2 aliphatic rings. The van der Waals surface area contributed by atoms with E-state index in [1.54, 1.807) is 6.20 Å². The maximum atomic E-state index is 6.16. The molecule has 170 valence electrons. The molecule has 34 heavy (non-hydrogen) atoms. The highest BCUT2D eigenvalue weighted by atomic mass is 16.5. The molecule has 0 saturated carbocycles. The second-order valence-corrected chi connectivity index (χ2v) is 9.03. The van der Waals surface area contributed by atoms with Crippen LogP contribution in [0.4, 0.5) is 17.2 Å². The van der Waals surface area contributed by atoms with Crippen molar-refractivity contribution in [2.24, 2.45) is 0 Å². The summed E-state index contributed by atoms with van der Waals surface area (Å²) in [4.78, 5) is 14.3. The molecular weight excluding hydrogens is 428 g/mol. The second kappa shape index (κ2) is 7.46. The number of nitrogens with one attached hydrogen (secondary N) is 2. The van der Waals surface area contributed by atoms with Crippen molar-refractivity contribution in [3.63, 3.8) is 0 Å². The van der Waals surface area contributed by atoms with Crippen molar-refractivity contribution in [2.45, 2.75) is 6.04 Å². The van der Waals surface area contributed by atoms with Crippen molar-refractivity contribution in [1.82, 2.24) is 29.5 Å². The monoisotopic (exact) mass is 452 g/mol. The Hall–Kier alpha value is -4.11. The van der Waals surface area contributed by atoms with Gasteiger partial charge in [0.25, 0.3) is 0 Å². The molecule has 0 bridgehead atoms. The first-order valence-corrected chi connectivity index (χ1v) is 11.5. The number of hydrogen-bond donors (Lipinski definition) is 2. The summed E-state index contributed by atoms with van der Waals surface area (Å²) >= 11 is 0. The summed E-state index contributed by atoms with van der Waals surface area (Å²) in [5.41, 5.74) is 5.68. The number of ether oxygens (including phenoxy) is 1. The third-order valence-corrected chi connectivity index (χ3v) is 6.76. The largest absolute Gasteiger partial charge is 0.489 e. The van der Waals surface area contributed by atoms with Gasteiger partial charge in [-0.25, -0.2) is 9.97 Å². The van der Waals surface area contributed by atoms with E-state index < -0.39 is 0 Å². The summed E-state index contributed by atoms with van der Waals surface area (Å²) in [6.07, 6.45) is 7.53. The standard InChI is InChI=1S/C25H24N8O/c1-31-8-9-33-19(13-31)15-34-23-11-18(4-5-22(23)33)28-24-25-26-6-7-32(25)14-21(29-24)16-2-3-17-12-27-30-20(17)10-16/h2-7,10-12,14,19H,8-9,13,15H2,1H3,(H,27,30)(H,28,29)/t19-/m1/s1. The van der Waals surface area contributed by atoms with Crippen molar-refractivity contribution >= 4 is 33.7 Å². The minimum absolute atomic E-state index is 0.403. The highest BCUT2D eigenvalue weighted by molar-refractivity contribution is 5.84. The fraction of sp³-hybridized carbons (Fsp3) is 0.240. The van der Waals surface area contributed by atoms with Crippen LogP contribution in [0, 0.1) is 0 Å². The van der Waals surface area contributed by atoms with Crippen molar-refractivity contribution in [1.29, 1.82) is 0 Å². The Morgan fingerprint density at radius 2 is 2.12 bits per heavy atom. The van der Waals surface area contributed by atoms with Crippen LogP contribution in [0.2, 0.25) is 0 Å². The number of nitrogens with zero attached hydrogens (tertiary/aromatic N) is 6. The zero-order valence-corrected chi connectivity index (χ0v) is 18.8. The summed E-state index contributed by atoms with van der Waals surface area (Å²) in [5.74, 6) is 1.60. The fourth-order valence-electron chi connectivity index (χ4n) is 4.99. The SMILES string of the molecule is CN1CCN2c3ccc(Nc4nc(-c5ccc6cn[nH]c6c5)cn5ccnc45)cc3OC[C@H]2C1. The van der Waals surface area contributed by atoms with E-state index in [4.69, 9.17) is 9.72 Å². The van der Waals surface area contributed by atoms with Gasteiger partial charge in [0.05, 0.1) is 29.1 Å². The highest BCUT2D eigenvalue weighted by Gasteiger charge is 2.31. The van der Waals surface area contributed by atoms with Gasteiger partial charge in [-0.05, 0) is 25.2 Å². The Kier molecular flexibility index (Phi) is 4.25. The Labute approximate surface area is 196 Å². The minimum Gasteiger partial charge on any atom is -0.489 e. The molecule has 2 aliphatic heterocycles. The van der Waals surface area contributed by atoms with E-state index >= 15 is 0 Å². The van der Waals surface area contributed by atoms with Crippen LogP contribution in [0.15, 0.2) is 61.2 Å². The highest BCUT2D eigenvalue weighted by Crippen LogP contribution is 2.38. The first kappa shape index (κ1) is 19.4. The molecule has 1 atom stereocenters. The van der Waals surface area contributed by atoms with Crippen LogP contribution in [0.25, 0.3) is 27.8 Å². The maximum absolute atomic E-state index is 6.16. The molecule has 9 heteroatoms. The van der Waals surface area contributed by atoms with Crippen LogP contribution in [0.3, 0.4) is 0 Å². The lowest BCUT2D eigenvalue weighted by Crippen LogP contribution is -2.56. The van der Waals surface area contributed by atoms with Crippen LogP contribution in [0.5, 0.6) is 5.75 Å². The Morgan fingerprint density at radius 3 is 3.09 bits per heavy atom. The van der Waals surface area contributed by atoms with Crippen molar-refractivity contribution in [2.75, 3.05) is 43.5 Å². The number of imidazole rings is 1. The number of aromatic amines is 1. The van der Waals surface area contributed by atoms with Crippen molar-refractivity contribution in [3.05, 3.63) is 61.2 Å². The minimum atomic E-state index is 0.403. The first-order valence-electron chi connectivity index (χ1n) is 11.5. The van der Waals surface area contributed by atoms with Gasteiger partial charge in [-0.15, -0.1) is 0 Å². The number of anilines is 3. The summed E-state index contributed by atoms with van der Waals surface area (Å²) in [6, 6.07) is 12.9. The van der Waals surface area contributed by atoms with E-state index in [1.807, 2.05) is 29.1 Å². The molecule has 7 rings (SSSR count). The molecule has 1 saturated heterocycles. The van der Waals surface area contributed by atoms with Gasteiger partial charge >= 0.3 is 0 Å². The molecule has 5 heterocycles. The summed E-state index contributed by atoms with van der Waals surface area (Å²) < 4.78 is 8.15. The van der Waals surface area contributed by atoms with Gasteiger partial charge in [-0.3, -0.25) is 5.10 Å². The topological polar surface area (TPSA) is 86.6 Å². The number of hydrogen-bond acceptors (Lipinski definition) is 7. The molecular formula is C25H24N8O. The van der Waals surface area contributed by atoms with Crippen LogP contribution in [-0.2, 0) is 0 Å². The van der Waals surface area contributed by atoms with Gasteiger partial charge in [0.2, 0.25) is 0 Å². The van der Waals surface area contributed by atoms with E-state index in [-0.39, 0.29) is 0 Å². The van der Waals surface area contributed by atoms with Gasteiger partial charge < -0.3 is 24.3 Å². The van der Waals surface area contributed by atoms with Gasteiger partial charge in [0, 0.05) is 60.9 Å². The molecule has 0 radical (unpaired) electrons. The third-order valence-electron chi connectivity index (χ3n) is 6.76. The number of aromatic nitrogens is 5. The lowest BCUT2D eigenvalue weighted by molar-refractivity contribution is 0.188. The van der Waals surface area contributed by atoms with E-state index in [9.17, 15) is 0 Å². The van der Waals surface area contributed by atoms with E-state index in [1.165, 1.54) is 0 Å². The number of H-pyrrole nitrogens is 1. The molecule has 5 aromatic rings. The second-order valence-electron chi connectivity index (χ2n) is 9.03. The molecule has 1 fully saturated rings. The van der Waals surface area contributed by atoms with E-state index in [2.05, 4.69) is 67.7 Å². The zero-order valence-electron chi connectivity index (χ0n) is 18.8. The summed E-state index contributed by atoms with van der Waals surface area (Å²) in [7, 11) is 2.17. The molecule has 0 spiro atoms. The first-order chi connectivity index (χ1) is 16.7. The average Bonchev–Trinajstić information content (AvgIpc) is 3.52. The van der Waals surface area contributed by atoms with E-state index in [0.29, 0.717) is 18.5 Å². The van der Waals surface area contributed by atoms with Gasteiger partial charge in [0.1, 0.15) is 12.4 Å². The van der Waals surface area contributed by atoms with Gasteiger partial charge in [-0.2, -0.15) is 5.10 Å². The van der Waals surface area contributed by atoms with Crippen LogP contribution >= 0.6 is 0 Å². The normalized spacial score (nSPS) is 18.0. The van der Waals surface area contributed by atoms with Crippen LogP contribution in [0.1, 0.15) is 0 Å². The number of rotatable bonds is 3. The number of benzene rings is 2. The average molecular weight is 453 g/mol. The predicted molar refractivity (Wildman–Crippen MR) is 132 cm³/mol. The molecule has 2 aromatic carbocycles.